The summed E-state index contributed by atoms with van der Waals surface area (Å²) >= 11 is 1.61. The van der Waals surface area contributed by atoms with E-state index < -0.39 is 17.7 Å². The van der Waals surface area contributed by atoms with E-state index in [9.17, 15) is 9.59 Å². The van der Waals surface area contributed by atoms with Gasteiger partial charge in [0.25, 0.3) is 0 Å². The third kappa shape index (κ3) is 6.45. The van der Waals surface area contributed by atoms with Crippen LogP contribution in [0.3, 0.4) is 0 Å². The molecular weight excluding hydrogens is 360 g/mol. The van der Waals surface area contributed by atoms with Crippen LogP contribution in [0.1, 0.15) is 64.3 Å². The lowest BCUT2D eigenvalue weighted by molar-refractivity contribution is -0.125. The second-order valence-electron chi connectivity index (χ2n) is 7.85. The van der Waals surface area contributed by atoms with Crippen LogP contribution in [0.4, 0.5) is 4.79 Å². The molecule has 0 aromatic heterocycles. The topological polar surface area (TPSA) is 58.6 Å². The van der Waals surface area contributed by atoms with Crippen molar-refractivity contribution >= 4 is 23.8 Å². The number of nitrogens with zero attached hydrogens (tertiary/aromatic N) is 1. The molecule has 5 nitrogen and oxygen atoms in total. The van der Waals surface area contributed by atoms with Crippen molar-refractivity contribution in [1.29, 1.82) is 0 Å². The normalized spacial score (nSPS) is 19.8. The van der Waals surface area contributed by atoms with E-state index in [2.05, 4.69) is 12.2 Å². The van der Waals surface area contributed by atoms with Gasteiger partial charge in [-0.25, -0.2) is 4.79 Å². The Balaban J connectivity index is 2.10. The van der Waals surface area contributed by atoms with Crippen LogP contribution >= 0.6 is 11.8 Å². The molecule has 0 aliphatic carbocycles. The minimum Gasteiger partial charge on any atom is -0.444 e. The minimum absolute atomic E-state index is 0.0942. The van der Waals surface area contributed by atoms with Gasteiger partial charge in [-0.15, -0.1) is 11.8 Å². The molecule has 2 amide bonds. The second kappa shape index (κ2) is 10.0. The van der Waals surface area contributed by atoms with Crippen LogP contribution in [0.15, 0.2) is 30.3 Å². The molecule has 0 spiro atoms. The zero-order valence-corrected chi connectivity index (χ0v) is 17.7. The highest BCUT2D eigenvalue weighted by Crippen LogP contribution is 2.42. The molecule has 1 heterocycles. The number of hydrogen-bond donors (Lipinski definition) is 1. The van der Waals surface area contributed by atoms with Crippen LogP contribution in [0.2, 0.25) is 0 Å². The Labute approximate surface area is 167 Å². The van der Waals surface area contributed by atoms with Crippen LogP contribution in [0.25, 0.3) is 0 Å². The van der Waals surface area contributed by atoms with Gasteiger partial charge in [0.1, 0.15) is 17.0 Å². The van der Waals surface area contributed by atoms with Crippen LogP contribution in [0, 0.1) is 0 Å². The molecular formula is C21H32N2O3S. The van der Waals surface area contributed by atoms with Gasteiger partial charge in [0.05, 0.1) is 0 Å². The van der Waals surface area contributed by atoms with Gasteiger partial charge in [0.15, 0.2) is 0 Å². The molecule has 1 aromatic carbocycles. The van der Waals surface area contributed by atoms with E-state index in [4.69, 9.17) is 4.74 Å². The molecule has 1 aliphatic heterocycles. The lowest BCUT2D eigenvalue weighted by Crippen LogP contribution is -2.49. The summed E-state index contributed by atoms with van der Waals surface area (Å²) in [7, 11) is 0. The number of unbranched alkanes of at least 4 members (excludes halogenated alkanes) is 3. The maximum absolute atomic E-state index is 12.9. The fourth-order valence-electron chi connectivity index (χ4n) is 3.00. The Hall–Kier alpha value is -1.69. The van der Waals surface area contributed by atoms with Crippen molar-refractivity contribution in [1.82, 2.24) is 10.2 Å². The summed E-state index contributed by atoms with van der Waals surface area (Å²) in [4.78, 5) is 27.3. The van der Waals surface area contributed by atoms with Crippen molar-refractivity contribution in [3.8, 4) is 0 Å². The van der Waals surface area contributed by atoms with Gasteiger partial charge in [0.2, 0.25) is 5.91 Å². The Morgan fingerprint density at radius 2 is 1.89 bits per heavy atom. The van der Waals surface area contributed by atoms with Gasteiger partial charge in [-0.1, -0.05) is 56.5 Å². The van der Waals surface area contributed by atoms with E-state index in [1.54, 1.807) is 16.7 Å². The monoisotopic (exact) mass is 392 g/mol. The van der Waals surface area contributed by atoms with Crippen LogP contribution in [0.5, 0.6) is 0 Å². The average molecular weight is 393 g/mol. The highest BCUT2D eigenvalue weighted by Gasteiger charge is 2.44. The molecule has 150 valence electrons. The van der Waals surface area contributed by atoms with Crippen molar-refractivity contribution in [3.05, 3.63) is 35.9 Å². The average Bonchev–Trinajstić information content (AvgIpc) is 3.06. The second-order valence-corrected chi connectivity index (χ2v) is 8.96. The molecule has 6 heteroatoms. The Morgan fingerprint density at radius 1 is 1.19 bits per heavy atom. The van der Waals surface area contributed by atoms with Gasteiger partial charge in [-0.2, -0.15) is 0 Å². The van der Waals surface area contributed by atoms with Crippen LogP contribution < -0.4 is 5.32 Å². The molecule has 0 bridgehead atoms. The number of benzene rings is 1. The number of carbonyl (C=O) groups is 2. The number of ether oxygens (including phenoxy) is 1. The Morgan fingerprint density at radius 3 is 2.52 bits per heavy atom. The summed E-state index contributed by atoms with van der Waals surface area (Å²) in [5.41, 5.74) is 0.402. The van der Waals surface area contributed by atoms with E-state index in [1.165, 1.54) is 12.8 Å². The summed E-state index contributed by atoms with van der Waals surface area (Å²) in [6.45, 7) is 8.34. The first kappa shape index (κ1) is 21.6. The lowest BCUT2D eigenvalue weighted by Gasteiger charge is -2.31. The van der Waals surface area contributed by atoms with E-state index in [0.717, 1.165) is 18.4 Å². The van der Waals surface area contributed by atoms with E-state index in [0.29, 0.717) is 12.3 Å². The highest BCUT2D eigenvalue weighted by molar-refractivity contribution is 7.99. The first-order valence-corrected chi connectivity index (χ1v) is 10.8. The van der Waals surface area contributed by atoms with Crippen molar-refractivity contribution in [2.45, 2.75) is 70.4 Å². The SMILES string of the molecule is CCCCCCNC(=O)C1CSC(c2ccccc2)N1C(=O)OC(C)(C)C. The number of nitrogens with one attached hydrogen (secondary N) is 1. The zero-order chi connectivity index (χ0) is 19.9. The fraction of sp³-hybridized carbons (Fsp3) is 0.619. The fourth-order valence-corrected chi connectivity index (χ4v) is 4.42. The summed E-state index contributed by atoms with van der Waals surface area (Å²) in [6, 6.07) is 9.30. The van der Waals surface area contributed by atoms with Gasteiger partial charge in [-0.3, -0.25) is 9.69 Å². The highest BCUT2D eigenvalue weighted by atomic mass is 32.2. The third-order valence-electron chi connectivity index (χ3n) is 4.32. The first-order valence-electron chi connectivity index (χ1n) is 9.79. The van der Waals surface area contributed by atoms with Crippen molar-refractivity contribution in [2.24, 2.45) is 0 Å². The summed E-state index contributed by atoms with van der Waals surface area (Å²) < 4.78 is 5.61. The Kier molecular flexibility index (Phi) is 8.02. The summed E-state index contributed by atoms with van der Waals surface area (Å²) in [6.07, 6.45) is 3.98. The lowest BCUT2D eigenvalue weighted by atomic mass is 10.1. The smallest absolute Gasteiger partial charge is 0.412 e. The largest absolute Gasteiger partial charge is 0.444 e. The molecule has 0 radical (unpaired) electrons. The third-order valence-corrected chi connectivity index (χ3v) is 5.64. The van der Waals surface area contributed by atoms with Gasteiger partial charge in [-0.05, 0) is 32.8 Å². The van der Waals surface area contributed by atoms with E-state index in [1.807, 2.05) is 51.1 Å². The van der Waals surface area contributed by atoms with Gasteiger partial charge in [0, 0.05) is 12.3 Å². The van der Waals surface area contributed by atoms with E-state index >= 15 is 0 Å². The molecule has 27 heavy (non-hydrogen) atoms. The quantitative estimate of drug-likeness (QED) is 0.681. The molecule has 1 aromatic rings. The molecule has 2 unspecified atom stereocenters. The molecule has 1 fully saturated rings. The molecule has 2 atom stereocenters. The Bertz CT molecular complexity index is 616. The standard InChI is InChI=1S/C21H32N2O3S/c1-5-6-7-11-14-22-18(24)17-15-27-19(16-12-9-8-10-13-16)23(17)20(25)26-21(2,3)4/h8-10,12-13,17,19H,5-7,11,14-15H2,1-4H3,(H,22,24). The predicted molar refractivity (Wildman–Crippen MR) is 111 cm³/mol. The van der Waals surface area contributed by atoms with Crippen LogP contribution in [-0.4, -0.2) is 40.8 Å². The zero-order valence-electron chi connectivity index (χ0n) is 16.9. The number of thioether (sulfide) groups is 1. The van der Waals surface area contributed by atoms with E-state index in [-0.39, 0.29) is 11.3 Å². The predicted octanol–water partition coefficient (Wildman–Crippen LogP) is 4.73. The summed E-state index contributed by atoms with van der Waals surface area (Å²) in [5.74, 6) is 0.475. The summed E-state index contributed by atoms with van der Waals surface area (Å²) in [5, 5.41) is 2.79. The number of amides is 2. The van der Waals surface area contributed by atoms with Crippen molar-refractivity contribution < 1.29 is 14.3 Å². The van der Waals surface area contributed by atoms with Crippen LogP contribution in [-0.2, 0) is 9.53 Å². The first-order chi connectivity index (χ1) is 12.8. The molecule has 1 saturated heterocycles. The molecule has 0 saturated carbocycles. The number of rotatable bonds is 7. The van der Waals surface area contributed by atoms with Gasteiger partial charge < -0.3 is 10.1 Å². The van der Waals surface area contributed by atoms with Gasteiger partial charge >= 0.3 is 6.09 Å². The maximum atomic E-state index is 12.9. The number of carbonyl (C=O) groups excluding carboxylic acids is 2. The number of hydrogen-bond acceptors (Lipinski definition) is 4. The van der Waals surface area contributed by atoms with Crippen molar-refractivity contribution in [2.75, 3.05) is 12.3 Å². The molecule has 2 rings (SSSR count). The maximum Gasteiger partial charge on any atom is 0.412 e. The molecule has 1 aliphatic rings. The minimum atomic E-state index is -0.604. The van der Waals surface area contributed by atoms with Crippen molar-refractivity contribution in [3.63, 3.8) is 0 Å². The molecule has 1 N–H and O–H groups in total.